The number of nitro benzene ring substituents is 1. The molecular formula is C14H13ClN2O3S. The van der Waals surface area contributed by atoms with Crippen LogP contribution < -0.4 is 0 Å². The van der Waals surface area contributed by atoms with Gasteiger partial charge in [-0.2, -0.15) is 0 Å². The quantitative estimate of drug-likeness (QED) is 0.633. The number of hydrogen-bond donors (Lipinski definition) is 0. The monoisotopic (exact) mass is 324 g/mol. The molecule has 5 nitrogen and oxygen atoms in total. The van der Waals surface area contributed by atoms with Crippen LogP contribution in [0, 0.1) is 17.0 Å². The molecular weight excluding hydrogens is 312 g/mol. The Bertz CT molecular complexity index is 699. The number of hydrogen-bond acceptors (Lipinski definition) is 4. The third-order valence-electron chi connectivity index (χ3n) is 3.09. The molecule has 0 bridgehead atoms. The number of non-ortho nitro benzene ring substituents is 1. The number of amides is 1. The van der Waals surface area contributed by atoms with E-state index in [0.717, 1.165) is 10.4 Å². The molecule has 0 atom stereocenters. The Morgan fingerprint density at radius 3 is 2.67 bits per heavy atom. The average Bonchev–Trinajstić information content (AvgIpc) is 2.83. The van der Waals surface area contributed by atoms with Crippen molar-refractivity contribution in [3.8, 4) is 0 Å². The van der Waals surface area contributed by atoms with Crippen molar-refractivity contribution in [1.82, 2.24) is 4.90 Å². The number of nitro groups is 1. The van der Waals surface area contributed by atoms with Gasteiger partial charge in [0.25, 0.3) is 11.6 Å². The van der Waals surface area contributed by atoms with Gasteiger partial charge in [-0.05, 0) is 30.0 Å². The molecule has 1 heterocycles. The number of halogens is 1. The fraction of sp³-hybridized carbons (Fsp3) is 0.214. The molecule has 2 rings (SSSR count). The molecule has 1 amide bonds. The Morgan fingerprint density at radius 1 is 1.43 bits per heavy atom. The van der Waals surface area contributed by atoms with Crippen molar-refractivity contribution >= 4 is 34.5 Å². The normalized spacial score (nSPS) is 10.4. The standard InChI is InChI=1S/C14H13ClN2O3S/c1-9-5-6-21-13(9)8-16(2)14(18)11-4-3-10(17(19)20)7-12(11)15/h3-7H,8H2,1-2H3. The third-order valence-corrected chi connectivity index (χ3v) is 4.41. The summed E-state index contributed by atoms with van der Waals surface area (Å²) in [5, 5.41) is 12.7. The number of benzene rings is 1. The highest BCUT2D eigenvalue weighted by molar-refractivity contribution is 7.10. The van der Waals surface area contributed by atoms with Crippen LogP contribution in [0.15, 0.2) is 29.6 Å². The topological polar surface area (TPSA) is 63.5 Å². The molecule has 0 spiro atoms. The van der Waals surface area contributed by atoms with Crippen LogP contribution in [-0.4, -0.2) is 22.8 Å². The Balaban J connectivity index is 2.19. The average molecular weight is 325 g/mol. The second-order valence-corrected chi connectivity index (χ2v) is 6.02. The van der Waals surface area contributed by atoms with E-state index in [0.29, 0.717) is 6.54 Å². The predicted octanol–water partition coefficient (Wildman–Crippen LogP) is 3.89. The first-order chi connectivity index (χ1) is 9.90. The summed E-state index contributed by atoms with van der Waals surface area (Å²) >= 11 is 7.56. The minimum absolute atomic E-state index is 0.0870. The molecule has 1 aromatic carbocycles. The fourth-order valence-electron chi connectivity index (χ4n) is 1.85. The lowest BCUT2D eigenvalue weighted by atomic mass is 10.1. The first kappa shape index (κ1) is 15.5. The van der Waals surface area contributed by atoms with Crippen molar-refractivity contribution in [3.05, 3.63) is 60.8 Å². The van der Waals surface area contributed by atoms with Gasteiger partial charge in [0.15, 0.2) is 0 Å². The van der Waals surface area contributed by atoms with Crippen molar-refractivity contribution in [3.63, 3.8) is 0 Å². The first-order valence-electron chi connectivity index (χ1n) is 6.12. The van der Waals surface area contributed by atoms with E-state index in [4.69, 9.17) is 11.6 Å². The number of carbonyl (C=O) groups excluding carboxylic acids is 1. The van der Waals surface area contributed by atoms with Gasteiger partial charge in [0.2, 0.25) is 0 Å². The van der Waals surface area contributed by atoms with E-state index < -0.39 is 4.92 Å². The number of rotatable bonds is 4. The highest BCUT2D eigenvalue weighted by Gasteiger charge is 2.19. The van der Waals surface area contributed by atoms with Crippen molar-refractivity contribution in [1.29, 1.82) is 0 Å². The summed E-state index contributed by atoms with van der Waals surface area (Å²) in [6.07, 6.45) is 0. The van der Waals surface area contributed by atoms with E-state index in [9.17, 15) is 14.9 Å². The number of carbonyl (C=O) groups is 1. The molecule has 0 unspecified atom stereocenters. The van der Waals surface area contributed by atoms with Crippen molar-refractivity contribution < 1.29 is 9.72 Å². The second-order valence-electron chi connectivity index (χ2n) is 4.61. The van der Waals surface area contributed by atoms with Crippen LogP contribution in [-0.2, 0) is 6.54 Å². The van der Waals surface area contributed by atoms with E-state index >= 15 is 0 Å². The highest BCUT2D eigenvalue weighted by Crippen LogP contribution is 2.24. The van der Waals surface area contributed by atoms with Gasteiger partial charge in [0.05, 0.1) is 22.1 Å². The van der Waals surface area contributed by atoms with Crippen LogP contribution in [0.4, 0.5) is 5.69 Å². The molecule has 0 radical (unpaired) electrons. The maximum absolute atomic E-state index is 12.4. The van der Waals surface area contributed by atoms with Crippen molar-refractivity contribution in [2.24, 2.45) is 0 Å². The molecule has 21 heavy (non-hydrogen) atoms. The molecule has 7 heteroatoms. The van der Waals surface area contributed by atoms with Gasteiger partial charge in [0, 0.05) is 24.1 Å². The molecule has 0 saturated heterocycles. The molecule has 0 aliphatic rings. The smallest absolute Gasteiger partial charge is 0.270 e. The lowest BCUT2D eigenvalue weighted by Crippen LogP contribution is -2.26. The zero-order valence-corrected chi connectivity index (χ0v) is 13.1. The molecule has 0 fully saturated rings. The van der Waals surface area contributed by atoms with Gasteiger partial charge in [-0.15, -0.1) is 11.3 Å². The zero-order chi connectivity index (χ0) is 15.6. The van der Waals surface area contributed by atoms with Crippen LogP contribution in [0.2, 0.25) is 5.02 Å². The molecule has 0 aliphatic carbocycles. The Morgan fingerprint density at radius 2 is 2.14 bits per heavy atom. The van der Waals surface area contributed by atoms with Crippen LogP contribution in [0.25, 0.3) is 0 Å². The van der Waals surface area contributed by atoms with Gasteiger partial charge in [-0.3, -0.25) is 14.9 Å². The Hall–Kier alpha value is -1.92. The molecule has 2 aromatic rings. The van der Waals surface area contributed by atoms with Gasteiger partial charge < -0.3 is 4.90 Å². The number of nitrogens with zero attached hydrogens (tertiary/aromatic N) is 2. The van der Waals surface area contributed by atoms with Gasteiger partial charge in [-0.25, -0.2) is 0 Å². The third kappa shape index (κ3) is 3.40. The highest BCUT2D eigenvalue weighted by atomic mass is 35.5. The molecule has 0 N–H and O–H groups in total. The zero-order valence-electron chi connectivity index (χ0n) is 11.5. The van der Waals surface area contributed by atoms with Gasteiger partial charge in [-0.1, -0.05) is 11.6 Å². The first-order valence-corrected chi connectivity index (χ1v) is 7.38. The Labute approximate surface area is 130 Å². The maximum Gasteiger partial charge on any atom is 0.270 e. The van der Waals surface area contributed by atoms with E-state index in [1.54, 1.807) is 23.3 Å². The van der Waals surface area contributed by atoms with E-state index in [1.165, 1.54) is 18.2 Å². The summed E-state index contributed by atoms with van der Waals surface area (Å²) in [7, 11) is 1.68. The lowest BCUT2D eigenvalue weighted by Gasteiger charge is -2.17. The van der Waals surface area contributed by atoms with Gasteiger partial charge in [0.1, 0.15) is 0 Å². The SMILES string of the molecule is Cc1ccsc1CN(C)C(=O)c1ccc([N+](=O)[O-])cc1Cl. The maximum atomic E-state index is 12.4. The summed E-state index contributed by atoms with van der Waals surface area (Å²) < 4.78 is 0. The summed E-state index contributed by atoms with van der Waals surface area (Å²) in [6.45, 7) is 2.47. The molecule has 0 saturated carbocycles. The summed E-state index contributed by atoms with van der Waals surface area (Å²) in [4.78, 5) is 25.1. The van der Waals surface area contributed by atoms with E-state index in [2.05, 4.69) is 0 Å². The van der Waals surface area contributed by atoms with Crippen LogP contribution in [0.1, 0.15) is 20.8 Å². The summed E-state index contributed by atoms with van der Waals surface area (Å²) in [5.41, 5.74) is 1.27. The molecule has 0 aliphatic heterocycles. The molecule has 1 aromatic heterocycles. The van der Waals surface area contributed by atoms with E-state index in [-0.39, 0.29) is 22.2 Å². The molecule has 110 valence electrons. The van der Waals surface area contributed by atoms with Crippen molar-refractivity contribution in [2.75, 3.05) is 7.05 Å². The summed E-state index contributed by atoms with van der Waals surface area (Å²) in [5.74, 6) is -0.261. The van der Waals surface area contributed by atoms with E-state index in [1.807, 2.05) is 18.4 Å². The van der Waals surface area contributed by atoms with Crippen molar-refractivity contribution in [2.45, 2.75) is 13.5 Å². The second kappa shape index (κ2) is 6.24. The number of aryl methyl sites for hydroxylation is 1. The lowest BCUT2D eigenvalue weighted by molar-refractivity contribution is -0.384. The summed E-state index contributed by atoms with van der Waals surface area (Å²) in [6, 6.07) is 5.86. The van der Waals surface area contributed by atoms with Crippen LogP contribution in [0.3, 0.4) is 0 Å². The number of thiophene rings is 1. The predicted molar refractivity (Wildman–Crippen MR) is 83.0 cm³/mol. The van der Waals surface area contributed by atoms with Crippen LogP contribution >= 0.6 is 22.9 Å². The largest absolute Gasteiger partial charge is 0.337 e. The Kier molecular flexibility index (Phi) is 4.59. The van der Waals surface area contributed by atoms with Gasteiger partial charge >= 0.3 is 0 Å². The minimum atomic E-state index is -0.543. The van der Waals surface area contributed by atoms with Crippen LogP contribution in [0.5, 0.6) is 0 Å². The minimum Gasteiger partial charge on any atom is -0.337 e. The fourth-order valence-corrected chi connectivity index (χ4v) is 3.06.